The number of rotatable bonds is 6. The topological polar surface area (TPSA) is 51.2 Å². The van der Waals surface area contributed by atoms with Gasteiger partial charge in [0.05, 0.1) is 18.2 Å². The molecule has 0 fully saturated rings. The van der Waals surface area contributed by atoms with Crippen LogP contribution in [0.4, 0.5) is 0 Å². The molecular formula is C16H20N2O2S. The van der Waals surface area contributed by atoms with Crippen LogP contribution in [-0.4, -0.2) is 18.0 Å². The van der Waals surface area contributed by atoms with E-state index >= 15 is 0 Å². The summed E-state index contributed by atoms with van der Waals surface area (Å²) in [6.07, 6.45) is 1.96. The zero-order chi connectivity index (χ0) is 15.2. The highest BCUT2D eigenvalue weighted by molar-refractivity contribution is 7.09. The largest absolute Gasteiger partial charge is 0.497 e. The smallest absolute Gasteiger partial charge is 0.271 e. The number of nitrogens with one attached hydrogen (secondary N) is 1. The van der Waals surface area contributed by atoms with Gasteiger partial charge < -0.3 is 10.1 Å². The summed E-state index contributed by atoms with van der Waals surface area (Å²) in [7, 11) is 1.63. The van der Waals surface area contributed by atoms with Gasteiger partial charge in [-0.05, 0) is 37.5 Å². The summed E-state index contributed by atoms with van der Waals surface area (Å²) >= 11 is 1.54. The molecule has 0 radical (unpaired) electrons. The van der Waals surface area contributed by atoms with Crippen LogP contribution < -0.4 is 10.1 Å². The highest BCUT2D eigenvalue weighted by Crippen LogP contribution is 2.19. The Bertz CT molecular complexity index is 610. The Morgan fingerprint density at radius 1 is 1.48 bits per heavy atom. The van der Waals surface area contributed by atoms with Gasteiger partial charge in [0.2, 0.25) is 0 Å². The molecule has 1 aromatic heterocycles. The average Bonchev–Trinajstić information content (AvgIpc) is 2.96. The zero-order valence-electron chi connectivity index (χ0n) is 12.6. The lowest BCUT2D eigenvalue weighted by Crippen LogP contribution is -2.26. The molecule has 0 saturated heterocycles. The maximum Gasteiger partial charge on any atom is 0.271 e. The fraction of sp³-hybridized carbons (Fsp3) is 0.375. The van der Waals surface area contributed by atoms with Crippen molar-refractivity contribution >= 4 is 17.2 Å². The zero-order valence-corrected chi connectivity index (χ0v) is 13.4. The molecule has 0 aliphatic carbocycles. The number of benzene rings is 1. The number of nitrogens with zero attached hydrogens (tertiary/aromatic N) is 1. The van der Waals surface area contributed by atoms with Crippen molar-refractivity contribution in [3.05, 3.63) is 45.9 Å². The monoisotopic (exact) mass is 304 g/mol. The van der Waals surface area contributed by atoms with E-state index in [0.29, 0.717) is 5.69 Å². The van der Waals surface area contributed by atoms with Gasteiger partial charge in [0.1, 0.15) is 11.4 Å². The maximum atomic E-state index is 12.2. The maximum absolute atomic E-state index is 12.2. The van der Waals surface area contributed by atoms with Crippen LogP contribution in [0, 0.1) is 0 Å². The lowest BCUT2D eigenvalue weighted by atomic mass is 10.1. The predicted molar refractivity (Wildman–Crippen MR) is 85.0 cm³/mol. The number of aryl methyl sites for hydroxylation is 1. The summed E-state index contributed by atoms with van der Waals surface area (Å²) in [4.78, 5) is 16.6. The van der Waals surface area contributed by atoms with E-state index in [-0.39, 0.29) is 11.9 Å². The Morgan fingerprint density at radius 3 is 3.00 bits per heavy atom. The minimum atomic E-state index is -0.135. The second kappa shape index (κ2) is 7.22. The lowest BCUT2D eigenvalue weighted by Gasteiger charge is -2.14. The Hall–Kier alpha value is -1.88. The molecule has 5 heteroatoms. The molecule has 4 nitrogen and oxygen atoms in total. The number of hydrogen-bond donors (Lipinski definition) is 1. The first-order valence-corrected chi connectivity index (χ1v) is 7.91. The molecule has 1 unspecified atom stereocenters. The van der Waals surface area contributed by atoms with Crippen molar-refractivity contribution in [2.24, 2.45) is 0 Å². The highest BCUT2D eigenvalue weighted by atomic mass is 32.1. The molecule has 0 aliphatic heterocycles. The van der Waals surface area contributed by atoms with E-state index in [4.69, 9.17) is 4.74 Å². The molecule has 2 rings (SSSR count). The molecule has 1 N–H and O–H groups in total. The number of thiazole rings is 1. The lowest BCUT2D eigenvalue weighted by molar-refractivity contribution is 0.0935. The van der Waals surface area contributed by atoms with E-state index in [2.05, 4.69) is 17.2 Å². The summed E-state index contributed by atoms with van der Waals surface area (Å²) in [6, 6.07) is 7.60. The molecule has 21 heavy (non-hydrogen) atoms. The fourth-order valence-corrected chi connectivity index (χ4v) is 2.89. The number of hydrogen-bond acceptors (Lipinski definition) is 4. The Kier molecular flexibility index (Phi) is 5.33. The van der Waals surface area contributed by atoms with Crippen molar-refractivity contribution < 1.29 is 9.53 Å². The van der Waals surface area contributed by atoms with Crippen LogP contribution in [0.25, 0.3) is 0 Å². The van der Waals surface area contributed by atoms with Crippen molar-refractivity contribution in [2.75, 3.05) is 7.11 Å². The van der Waals surface area contributed by atoms with Gasteiger partial charge in [0, 0.05) is 5.38 Å². The van der Waals surface area contributed by atoms with Crippen molar-refractivity contribution in [3.63, 3.8) is 0 Å². The minimum Gasteiger partial charge on any atom is -0.497 e. The van der Waals surface area contributed by atoms with Crippen molar-refractivity contribution in [3.8, 4) is 5.75 Å². The van der Waals surface area contributed by atoms with Crippen molar-refractivity contribution in [1.82, 2.24) is 10.3 Å². The summed E-state index contributed by atoms with van der Waals surface area (Å²) in [5.41, 5.74) is 1.50. The van der Waals surface area contributed by atoms with E-state index < -0.39 is 0 Å². The van der Waals surface area contributed by atoms with Crippen LogP contribution in [0.5, 0.6) is 5.75 Å². The van der Waals surface area contributed by atoms with Gasteiger partial charge >= 0.3 is 0 Å². The van der Waals surface area contributed by atoms with Crippen molar-refractivity contribution in [1.29, 1.82) is 0 Å². The van der Waals surface area contributed by atoms with E-state index in [0.717, 1.165) is 29.2 Å². The van der Waals surface area contributed by atoms with Gasteiger partial charge in [-0.2, -0.15) is 0 Å². The van der Waals surface area contributed by atoms with E-state index in [1.807, 2.05) is 36.6 Å². The molecule has 0 saturated carbocycles. The standard InChI is InChI=1S/C16H20N2O2S/c1-4-6-15-18-14(10-21-15)16(19)17-11(2)12-7-5-8-13(9-12)20-3/h5,7-11H,4,6H2,1-3H3,(H,17,19). The molecule has 1 heterocycles. The van der Waals surface area contributed by atoms with Crippen LogP contribution in [0.15, 0.2) is 29.6 Å². The van der Waals surface area contributed by atoms with Gasteiger partial charge in [-0.15, -0.1) is 11.3 Å². The summed E-state index contributed by atoms with van der Waals surface area (Å²) < 4.78 is 5.20. The summed E-state index contributed by atoms with van der Waals surface area (Å²) in [5.74, 6) is 0.649. The molecule has 1 aromatic carbocycles. The first kappa shape index (κ1) is 15.5. The van der Waals surface area contributed by atoms with Crippen LogP contribution in [0.1, 0.15) is 47.4 Å². The third-order valence-corrected chi connectivity index (χ3v) is 4.10. The number of carbonyl (C=O) groups is 1. The first-order chi connectivity index (χ1) is 10.1. The second-order valence-corrected chi connectivity index (χ2v) is 5.79. The number of methoxy groups -OCH3 is 1. The number of ether oxygens (including phenoxy) is 1. The summed E-state index contributed by atoms with van der Waals surface area (Å²) in [5, 5.41) is 5.80. The normalized spacial score (nSPS) is 12.0. The summed E-state index contributed by atoms with van der Waals surface area (Å²) in [6.45, 7) is 4.05. The Labute approximate surface area is 129 Å². The molecule has 2 aromatic rings. The molecule has 0 spiro atoms. The predicted octanol–water partition coefficient (Wildman–Crippen LogP) is 3.60. The molecule has 0 aliphatic rings. The van der Waals surface area contributed by atoms with Gasteiger partial charge in [0.25, 0.3) is 5.91 Å². The molecule has 0 bridgehead atoms. The first-order valence-electron chi connectivity index (χ1n) is 7.03. The molecule has 1 amide bonds. The average molecular weight is 304 g/mol. The van der Waals surface area contributed by atoms with Crippen LogP contribution in [0.3, 0.4) is 0 Å². The SMILES string of the molecule is CCCc1nc(C(=O)NC(C)c2cccc(OC)c2)cs1. The van der Waals surface area contributed by atoms with Crippen LogP contribution in [0.2, 0.25) is 0 Å². The second-order valence-electron chi connectivity index (χ2n) is 4.85. The fourth-order valence-electron chi connectivity index (χ4n) is 2.01. The van der Waals surface area contributed by atoms with E-state index in [1.165, 1.54) is 11.3 Å². The third kappa shape index (κ3) is 4.04. The quantitative estimate of drug-likeness (QED) is 0.887. The molecular weight excluding hydrogens is 284 g/mol. The van der Waals surface area contributed by atoms with Gasteiger partial charge in [-0.25, -0.2) is 4.98 Å². The molecule has 112 valence electrons. The van der Waals surface area contributed by atoms with Crippen LogP contribution in [-0.2, 0) is 6.42 Å². The number of carbonyl (C=O) groups excluding carboxylic acids is 1. The highest BCUT2D eigenvalue weighted by Gasteiger charge is 2.14. The van der Waals surface area contributed by atoms with Crippen molar-refractivity contribution in [2.45, 2.75) is 32.7 Å². The number of aromatic nitrogens is 1. The third-order valence-electron chi connectivity index (χ3n) is 3.19. The van der Waals surface area contributed by atoms with Crippen LogP contribution >= 0.6 is 11.3 Å². The van der Waals surface area contributed by atoms with E-state index in [9.17, 15) is 4.79 Å². The van der Waals surface area contributed by atoms with Gasteiger partial charge in [-0.3, -0.25) is 4.79 Å². The van der Waals surface area contributed by atoms with Gasteiger partial charge in [0.15, 0.2) is 0 Å². The minimum absolute atomic E-state index is 0.0936. The van der Waals surface area contributed by atoms with Gasteiger partial charge in [-0.1, -0.05) is 19.1 Å². The Morgan fingerprint density at radius 2 is 2.29 bits per heavy atom. The molecule has 1 atom stereocenters. The number of amides is 1. The van der Waals surface area contributed by atoms with E-state index in [1.54, 1.807) is 7.11 Å². The Balaban J connectivity index is 2.03.